The summed E-state index contributed by atoms with van der Waals surface area (Å²) in [5.41, 5.74) is 9.60. The standard InChI is InChI=1S/C19H19ClN4O4S/c1-25-17-15(23-24-21)16-14(10-26-18(28-16)11-5-3-2-4-6-11)27-19(17)29-13-7-12(20)8-22-9-13/h2-9,14-19H,10H2,1H3/t14?,15-,16-,17?,18?,19+/m0/s1. The Kier molecular flexibility index (Phi) is 6.56. The van der Waals surface area contributed by atoms with Gasteiger partial charge in [0.1, 0.15) is 23.7 Å². The van der Waals surface area contributed by atoms with Gasteiger partial charge in [-0.3, -0.25) is 4.98 Å². The lowest BCUT2D eigenvalue weighted by molar-refractivity contribution is -0.298. The van der Waals surface area contributed by atoms with Gasteiger partial charge in [-0.05, 0) is 11.6 Å². The maximum atomic E-state index is 9.16. The fraction of sp³-hybridized carbons (Fsp3) is 0.421. The molecule has 1 aromatic heterocycles. The lowest BCUT2D eigenvalue weighted by Gasteiger charge is -2.47. The van der Waals surface area contributed by atoms with Gasteiger partial charge in [-0.25, -0.2) is 0 Å². The lowest BCUT2D eigenvalue weighted by Crippen LogP contribution is -2.60. The van der Waals surface area contributed by atoms with Crippen molar-refractivity contribution in [2.24, 2.45) is 5.11 Å². The average molecular weight is 435 g/mol. The molecule has 0 spiro atoms. The third-order valence-electron chi connectivity index (χ3n) is 4.77. The molecule has 0 radical (unpaired) electrons. The van der Waals surface area contributed by atoms with Crippen LogP contribution in [0.5, 0.6) is 0 Å². The van der Waals surface area contributed by atoms with Crippen LogP contribution >= 0.6 is 23.4 Å². The van der Waals surface area contributed by atoms with Crippen molar-refractivity contribution in [2.45, 2.75) is 41.0 Å². The fourth-order valence-corrected chi connectivity index (χ4v) is 4.90. The first-order valence-electron chi connectivity index (χ1n) is 9.01. The number of thioether (sulfide) groups is 1. The van der Waals surface area contributed by atoms with E-state index in [-0.39, 0.29) is 0 Å². The van der Waals surface area contributed by atoms with E-state index in [1.54, 1.807) is 25.6 Å². The van der Waals surface area contributed by atoms with E-state index in [1.165, 1.54) is 11.8 Å². The van der Waals surface area contributed by atoms with Gasteiger partial charge < -0.3 is 18.9 Å². The third kappa shape index (κ3) is 4.51. The molecule has 152 valence electrons. The predicted octanol–water partition coefficient (Wildman–Crippen LogP) is 4.36. The van der Waals surface area contributed by atoms with Crippen LogP contribution in [0.1, 0.15) is 11.9 Å². The van der Waals surface area contributed by atoms with E-state index < -0.39 is 36.1 Å². The normalized spacial score (nSPS) is 31.5. The molecule has 0 saturated carbocycles. The first-order chi connectivity index (χ1) is 14.2. The number of methoxy groups -OCH3 is 1. The molecule has 3 heterocycles. The van der Waals surface area contributed by atoms with Crippen LogP contribution in [0.4, 0.5) is 0 Å². The van der Waals surface area contributed by atoms with Crippen molar-refractivity contribution in [3.63, 3.8) is 0 Å². The van der Waals surface area contributed by atoms with E-state index in [0.717, 1.165) is 10.5 Å². The minimum absolute atomic E-state index is 0.308. The summed E-state index contributed by atoms with van der Waals surface area (Å²) < 4.78 is 23.9. The summed E-state index contributed by atoms with van der Waals surface area (Å²) in [5, 5.41) is 4.52. The van der Waals surface area contributed by atoms with E-state index in [1.807, 2.05) is 30.3 Å². The highest BCUT2D eigenvalue weighted by Gasteiger charge is 2.50. The van der Waals surface area contributed by atoms with Gasteiger partial charge in [0, 0.05) is 34.9 Å². The van der Waals surface area contributed by atoms with Gasteiger partial charge in [0.15, 0.2) is 6.29 Å². The van der Waals surface area contributed by atoms with Crippen LogP contribution in [-0.2, 0) is 18.9 Å². The van der Waals surface area contributed by atoms with Crippen molar-refractivity contribution in [3.05, 3.63) is 69.8 Å². The Hall–Kier alpha value is -1.84. The lowest BCUT2D eigenvalue weighted by atomic mass is 9.96. The predicted molar refractivity (Wildman–Crippen MR) is 108 cm³/mol. The zero-order chi connectivity index (χ0) is 20.2. The minimum Gasteiger partial charge on any atom is -0.377 e. The molecule has 2 fully saturated rings. The van der Waals surface area contributed by atoms with Crippen LogP contribution in [0, 0.1) is 0 Å². The highest BCUT2D eigenvalue weighted by atomic mass is 35.5. The molecule has 3 unspecified atom stereocenters. The van der Waals surface area contributed by atoms with Crippen molar-refractivity contribution in [1.82, 2.24) is 4.98 Å². The molecule has 6 atom stereocenters. The molecule has 29 heavy (non-hydrogen) atoms. The SMILES string of the molecule is COC1[C@@H](Sc2cncc(Cl)c2)OC2COC(c3ccccc3)O[C@@H]2[C@@H]1N=[N+]=[N-]. The molecular formula is C19H19ClN4O4S. The van der Waals surface area contributed by atoms with E-state index in [0.29, 0.717) is 11.6 Å². The number of nitrogens with zero attached hydrogens (tertiary/aromatic N) is 4. The Morgan fingerprint density at radius 2 is 2.10 bits per heavy atom. The van der Waals surface area contributed by atoms with Gasteiger partial charge >= 0.3 is 0 Å². The quantitative estimate of drug-likeness (QED) is 0.394. The van der Waals surface area contributed by atoms with Crippen molar-refractivity contribution in [2.75, 3.05) is 13.7 Å². The smallest absolute Gasteiger partial charge is 0.184 e. The largest absolute Gasteiger partial charge is 0.377 e. The summed E-state index contributed by atoms with van der Waals surface area (Å²) in [4.78, 5) is 7.95. The summed E-state index contributed by atoms with van der Waals surface area (Å²) in [7, 11) is 1.56. The summed E-state index contributed by atoms with van der Waals surface area (Å²) in [5.74, 6) is 0. The van der Waals surface area contributed by atoms with Gasteiger partial charge in [0.25, 0.3) is 0 Å². The summed E-state index contributed by atoms with van der Waals surface area (Å²) >= 11 is 7.45. The third-order valence-corrected chi connectivity index (χ3v) is 6.08. The van der Waals surface area contributed by atoms with Crippen LogP contribution in [0.15, 0.2) is 58.8 Å². The first kappa shape index (κ1) is 20.4. The maximum absolute atomic E-state index is 9.16. The second-order valence-electron chi connectivity index (χ2n) is 6.57. The Balaban J connectivity index is 1.57. The molecular weight excluding hydrogens is 416 g/mol. The molecule has 10 heteroatoms. The number of halogens is 1. The number of pyridine rings is 1. The van der Waals surface area contributed by atoms with Crippen LogP contribution in [-0.4, -0.2) is 48.5 Å². The van der Waals surface area contributed by atoms with Gasteiger partial charge in [-0.2, -0.15) is 0 Å². The Morgan fingerprint density at radius 3 is 2.83 bits per heavy atom. The molecule has 2 saturated heterocycles. The zero-order valence-electron chi connectivity index (χ0n) is 15.5. The van der Waals surface area contributed by atoms with Crippen molar-refractivity contribution in [3.8, 4) is 0 Å². The molecule has 8 nitrogen and oxygen atoms in total. The summed E-state index contributed by atoms with van der Waals surface area (Å²) in [6.07, 6.45) is 1.28. The van der Waals surface area contributed by atoms with Crippen molar-refractivity contribution < 1.29 is 18.9 Å². The van der Waals surface area contributed by atoms with E-state index in [2.05, 4.69) is 15.0 Å². The number of rotatable bonds is 5. The zero-order valence-corrected chi connectivity index (χ0v) is 17.1. The Morgan fingerprint density at radius 1 is 1.28 bits per heavy atom. The van der Waals surface area contributed by atoms with E-state index in [4.69, 9.17) is 36.1 Å². The second kappa shape index (κ2) is 9.32. The summed E-state index contributed by atoms with van der Waals surface area (Å²) in [6, 6.07) is 10.8. The van der Waals surface area contributed by atoms with Gasteiger partial charge in [-0.1, -0.05) is 58.8 Å². The van der Waals surface area contributed by atoms with Crippen molar-refractivity contribution >= 4 is 23.4 Å². The number of azide groups is 1. The highest BCUT2D eigenvalue weighted by Crippen LogP contribution is 2.41. The Bertz CT molecular complexity index is 886. The molecule has 2 aliphatic heterocycles. The van der Waals surface area contributed by atoms with Gasteiger partial charge in [0.05, 0.1) is 17.7 Å². The molecule has 2 aliphatic rings. The second-order valence-corrected chi connectivity index (χ2v) is 8.18. The van der Waals surface area contributed by atoms with Gasteiger partial charge in [-0.15, -0.1) is 0 Å². The molecule has 0 N–H and O–H groups in total. The number of aromatic nitrogens is 1. The minimum atomic E-state index is -0.580. The fourth-order valence-electron chi connectivity index (χ4n) is 3.47. The maximum Gasteiger partial charge on any atom is 0.184 e. The first-order valence-corrected chi connectivity index (χ1v) is 10.3. The van der Waals surface area contributed by atoms with Gasteiger partial charge in [0.2, 0.25) is 0 Å². The number of hydrogen-bond donors (Lipinski definition) is 0. The van der Waals surface area contributed by atoms with Crippen molar-refractivity contribution in [1.29, 1.82) is 0 Å². The molecule has 0 aliphatic carbocycles. The molecule has 2 aromatic rings. The molecule has 1 aromatic carbocycles. The Labute approximate surface area is 177 Å². The molecule has 0 bridgehead atoms. The number of ether oxygens (including phenoxy) is 4. The average Bonchev–Trinajstić information content (AvgIpc) is 2.74. The topological polar surface area (TPSA) is 98.6 Å². The van der Waals surface area contributed by atoms with Crippen LogP contribution in [0.25, 0.3) is 10.4 Å². The summed E-state index contributed by atoms with van der Waals surface area (Å²) in [6.45, 7) is 0.308. The number of fused-ring (bicyclic) bond motifs is 1. The molecule has 0 amide bonds. The van der Waals surface area contributed by atoms with Crippen LogP contribution in [0.2, 0.25) is 5.02 Å². The van der Waals surface area contributed by atoms with E-state index >= 15 is 0 Å². The number of hydrogen-bond acceptors (Lipinski definition) is 7. The van der Waals surface area contributed by atoms with Crippen LogP contribution < -0.4 is 0 Å². The molecule has 4 rings (SSSR count). The van der Waals surface area contributed by atoms with E-state index in [9.17, 15) is 0 Å². The number of benzene rings is 1. The highest BCUT2D eigenvalue weighted by molar-refractivity contribution is 7.99. The monoisotopic (exact) mass is 434 g/mol. The van der Waals surface area contributed by atoms with Crippen LogP contribution in [0.3, 0.4) is 0 Å².